The van der Waals surface area contributed by atoms with Crippen LogP contribution in [0.25, 0.3) is 0 Å². The zero-order valence-corrected chi connectivity index (χ0v) is 10.7. The fourth-order valence-electron chi connectivity index (χ4n) is 1.74. The Morgan fingerprint density at radius 1 is 1.05 bits per heavy atom. The van der Waals surface area contributed by atoms with Gasteiger partial charge in [-0.2, -0.15) is 0 Å². The molecule has 2 rings (SSSR count). The minimum Gasteiger partial charge on any atom is -0.294 e. The molecule has 0 fully saturated rings. The average Bonchev–Trinajstić information content (AvgIpc) is 2.41. The minimum absolute atomic E-state index is 0.0971. The van der Waals surface area contributed by atoms with Gasteiger partial charge in [0.2, 0.25) is 0 Å². The lowest BCUT2D eigenvalue weighted by Gasteiger charge is -2.04. The van der Waals surface area contributed by atoms with E-state index in [-0.39, 0.29) is 17.8 Å². The van der Waals surface area contributed by atoms with Crippen LogP contribution in [0.4, 0.5) is 4.39 Å². The predicted molar refractivity (Wildman–Crippen MR) is 71.1 cm³/mol. The van der Waals surface area contributed by atoms with Gasteiger partial charge in [-0.15, -0.1) is 0 Å². The molecule has 0 aliphatic rings. The lowest BCUT2D eigenvalue weighted by atomic mass is 10.0. The monoisotopic (exact) mass is 276 g/mol. The molecule has 0 saturated carbocycles. The van der Waals surface area contributed by atoms with Crippen LogP contribution in [0.15, 0.2) is 48.5 Å². The molecule has 0 heterocycles. The van der Waals surface area contributed by atoms with Crippen LogP contribution in [0.2, 0.25) is 0 Å². The largest absolute Gasteiger partial charge is 0.294 e. The molecule has 19 heavy (non-hydrogen) atoms. The second kappa shape index (κ2) is 5.76. The molecular formula is C15H10ClFO2. The first-order chi connectivity index (χ1) is 9.08. The third-order valence-electron chi connectivity index (χ3n) is 2.70. The molecule has 0 aliphatic carbocycles. The summed E-state index contributed by atoms with van der Waals surface area (Å²) in [6.45, 7) is 0. The number of carbonyl (C=O) groups is 2. The smallest absolute Gasteiger partial charge is 0.255 e. The molecule has 0 N–H and O–H groups in total. The van der Waals surface area contributed by atoms with Crippen LogP contribution in [0.1, 0.15) is 26.3 Å². The number of carbonyl (C=O) groups excluding carboxylic acids is 2. The van der Waals surface area contributed by atoms with Gasteiger partial charge < -0.3 is 0 Å². The summed E-state index contributed by atoms with van der Waals surface area (Å²) in [7, 11) is 0. The lowest BCUT2D eigenvalue weighted by Crippen LogP contribution is -2.05. The van der Waals surface area contributed by atoms with Gasteiger partial charge in [-0.1, -0.05) is 36.4 Å². The Labute approximate surface area is 114 Å². The fourth-order valence-corrected chi connectivity index (χ4v) is 1.89. The first-order valence-corrected chi connectivity index (χ1v) is 6.02. The Morgan fingerprint density at radius 2 is 1.74 bits per heavy atom. The Hall–Kier alpha value is -2.00. The SMILES string of the molecule is O=C(Cc1ccc(F)c(C(=O)Cl)c1)c1ccccc1. The molecule has 0 atom stereocenters. The molecule has 96 valence electrons. The summed E-state index contributed by atoms with van der Waals surface area (Å²) in [5, 5.41) is -0.869. The Morgan fingerprint density at radius 3 is 2.37 bits per heavy atom. The molecule has 4 heteroatoms. The van der Waals surface area contributed by atoms with Crippen LogP contribution in [0, 0.1) is 5.82 Å². The van der Waals surface area contributed by atoms with Gasteiger partial charge in [0.15, 0.2) is 5.78 Å². The average molecular weight is 277 g/mol. The Kier molecular flexibility index (Phi) is 4.07. The summed E-state index contributed by atoms with van der Waals surface area (Å²) in [4.78, 5) is 23.0. The number of benzene rings is 2. The van der Waals surface area contributed by atoms with E-state index in [0.29, 0.717) is 11.1 Å². The van der Waals surface area contributed by atoms with Crippen LogP contribution < -0.4 is 0 Å². The van der Waals surface area contributed by atoms with Gasteiger partial charge >= 0.3 is 0 Å². The van der Waals surface area contributed by atoms with Crippen molar-refractivity contribution in [2.45, 2.75) is 6.42 Å². The molecule has 2 aromatic carbocycles. The van der Waals surface area contributed by atoms with E-state index < -0.39 is 11.1 Å². The first-order valence-electron chi connectivity index (χ1n) is 5.64. The topological polar surface area (TPSA) is 34.1 Å². The number of hydrogen-bond acceptors (Lipinski definition) is 2. The lowest BCUT2D eigenvalue weighted by molar-refractivity contribution is 0.0991. The van der Waals surface area contributed by atoms with Crippen molar-refractivity contribution >= 4 is 22.6 Å². The zero-order chi connectivity index (χ0) is 13.8. The second-order valence-electron chi connectivity index (χ2n) is 4.05. The van der Waals surface area contributed by atoms with Gasteiger partial charge in [0.25, 0.3) is 5.24 Å². The molecule has 0 radical (unpaired) electrons. The molecule has 0 unspecified atom stereocenters. The van der Waals surface area contributed by atoms with Gasteiger partial charge in [0, 0.05) is 12.0 Å². The van der Waals surface area contributed by atoms with Crippen LogP contribution in [0.3, 0.4) is 0 Å². The highest BCUT2D eigenvalue weighted by atomic mass is 35.5. The van der Waals surface area contributed by atoms with E-state index in [0.717, 1.165) is 6.07 Å². The van der Waals surface area contributed by atoms with Crippen molar-refractivity contribution < 1.29 is 14.0 Å². The van der Waals surface area contributed by atoms with Crippen molar-refractivity contribution in [2.24, 2.45) is 0 Å². The van der Waals surface area contributed by atoms with Crippen molar-refractivity contribution in [3.63, 3.8) is 0 Å². The van der Waals surface area contributed by atoms with Crippen LogP contribution >= 0.6 is 11.6 Å². The molecule has 2 aromatic rings. The summed E-state index contributed by atoms with van der Waals surface area (Å²) < 4.78 is 13.3. The number of ketones is 1. The molecule has 0 amide bonds. The summed E-state index contributed by atoms with van der Waals surface area (Å²) in [6.07, 6.45) is 0.0987. The standard InChI is InChI=1S/C15H10ClFO2/c16-15(19)12-8-10(6-7-13(12)17)9-14(18)11-4-2-1-3-5-11/h1-8H,9H2. The Balaban J connectivity index is 2.23. The van der Waals surface area contributed by atoms with E-state index in [1.165, 1.54) is 12.1 Å². The predicted octanol–water partition coefficient (Wildman–Crippen LogP) is 3.63. The third kappa shape index (κ3) is 3.26. The highest BCUT2D eigenvalue weighted by Gasteiger charge is 2.12. The van der Waals surface area contributed by atoms with Crippen molar-refractivity contribution in [3.05, 3.63) is 71.0 Å². The van der Waals surface area contributed by atoms with Gasteiger partial charge in [0.05, 0.1) is 5.56 Å². The normalized spacial score (nSPS) is 10.2. The molecule has 2 nitrogen and oxygen atoms in total. The van der Waals surface area contributed by atoms with E-state index in [2.05, 4.69) is 0 Å². The minimum atomic E-state index is -0.869. The molecule has 0 bridgehead atoms. The second-order valence-corrected chi connectivity index (χ2v) is 4.40. The molecule has 0 saturated heterocycles. The van der Waals surface area contributed by atoms with Crippen molar-refractivity contribution in [1.29, 1.82) is 0 Å². The zero-order valence-electron chi connectivity index (χ0n) is 9.90. The van der Waals surface area contributed by atoms with E-state index in [9.17, 15) is 14.0 Å². The highest BCUT2D eigenvalue weighted by Crippen LogP contribution is 2.15. The third-order valence-corrected chi connectivity index (χ3v) is 2.91. The van der Waals surface area contributed by atoms with Gasteiger partial charge in [-0.3, -0.25) is 9.59 Å². The molecular weight excluding hydrogens is 267 g/mol. The summed E-state index contributed by atoms with van der Waals surface area (Å²) in [6, 6.07) is 12.7. The first kappa shape index (κ1) is 13.4. The van der Waals surface area contributed by atoms with Crippen molar-refractivity contribution in [2.75, 3.05) is 0 Å². The van der Waals surface area contributed by atoms with E-state index in [1.807, 2.05) is 6.07 Å². The molecule has 0 aromatic heterocycles. The maximum absolute atomic E-state index is 13.3. The maximum Gasteiger partial charge on any atom is 0.255 e. The number of hydrogen-bond donors (Lipinski definition) is 0. The molecule has 0 spiro atoms. The number of Topliss-reactive ketones (excluding diaryl/α,β-unsaturated/α-hetero) is 1. The van der Waals surface area contributed by atoms with Crippen molar-refractivity contribution in [3.8, 4) is 0 Å². The molecule has 0 aliphatic heterocycles. The van der Waals surface area contributed by atoms with Gasteiger partial charge in [-0.05, 0) is 29.3 Å². The number of rotatable bonds is 4. The Bertz CT molecular complexity index is 623. The van der Waals surface area contributed by atoms with E-state index in [1.54, 1.807) is 24.3 Å². The number of halogens is 2. The van der Waals surface area contributed by atoms with Crippen LogP contribution in [0.5, 0.6) is 0 Å². The van der Waals surface area contributed by atoms with Gasteiger partial charge in [0.1, 0.15) is 5.82 Å². The van der Waals surface area contributed by atoms with E-state index in [4.69, 9.17) is 11.6 Å². The van der Waals surface area contributed by atoms with Crippen LogP contribution in [-0.4, -0.2) is 11.0 Å². The summed E-state index contributed by atoms with van der Waals surface area (Å²) in [5.74, 6) is -0.781. The fraction of sp³-hybridized carbons (Fsp3) is 0.0667. The quantitative estimate of drug-likeness (QED) is 0.631. The summed E-state index contributed by atoms with van der Waals surface area (Å²) in [5.41, 5.74) is 0.921. The van der Waals surface area contributed by atoms with E-state index >= 15 is 0 Å². The van der Waals surface area contributed by atoms with Gasteiger partial charge in [-0.25, -0.2) is 4.39 Å². The van der Waals surface area contributed by atoms with Crippen LogP contribution in [-0.2, 0) is 6.42 Å². The summed E-state index contributed by atoms with van der Waals surface area (Å²) >= 11 is 5.27. The van der Waals surface area contributed by atoms with Crippen molar-refractivity contribution in [1.82, 2.24) is 0 Å². The maximum atomic E-state index is 13.3. The highest BCUT2D eigenvalue weighted by molar-refractivity contribution is 6.67.